The molecule has 0 radical (unpaired) electrons. The number of carboxylic acid groups (broad SMARTS) is 1. The molecule has 3 amide bonds. The molecule has 18 heavy (non-hydrogen) atoms. The van der Waals surface area contributed by atoms with Crippen molar-refractivity contribution in [2.24, 2.45) is 5.73 Å². The average Bonchev–Trinajstić information content (AvgIpc) is 2.23. The van der Waals surface area contributed by atoms with Crippen molar-refractivity contribution < 1.29 is 19.5 Å². The molecule has 0 aliphatic heterocycles. The minimum absolute atomic E-state index is 0.00788. The van der Waals surface area contributed by atoms with Gasteiger partial charge in [0.2, 0.25) is 5.91 Å². The molecule has 0 bridgehead atoms. The lowest BCUT2D eigenvalue weighted by molar-refractivity contribution is -0.139. The van der Waals surface area contributed by atoms with Crippen LogP contribution in [0, 0.1) is 0 Å². The summed E-state index contributed by atoms with van der Waals surface area (Å²) in [6.45, 7) is 5.95. The minimum atomic E-state index is -1.18. The highest BCUT2D eigenvalue weighted by Gasteiger charge is 2.23. The molecule has 0 aromatic carbocycles. The van der Waals surface area contributed by atoms with Gasteiger partial charge in [0.25, 0.3) is 0 Å². The number of amides is 3. The van der Waals surface area contributed by atoms with Crippen molar-refractivity contribution in [3.05, 3.63) is 0 Å². The van der Waals surface area contributed by atoms with E-state index in [2.05, 4.69) is 5.32 Å². The fourth-order valence-electron chi connectivity index (χ4n) is 1.52. The number of nitrogens with two attached hydrogens (primary N) is 1. The molecular weight excluding hydrogens is 238 g/mol. The lowest BCUT2D eigenvalue weighted by atomic mass is 10.1. The Bertz CT molecular complexity index is 317. The summed E-state index contributed by atoms with van der Waals surface area (Å²) in [6.07, 6.45) is -0.0862. The Kier molecular flexibility index (Phi) is 6.77. The number of nitrogens with one attached hydrogen (secondary N) is 1. The van der Waals surface area contributed by atoms with Crippen LogP contribution in [0.5, 0.6) is 0 Å². The summed E-state index contributed by atoms with van der Waals surface area (Å²) < 4.78 is 0. The number of carboxylic acids is 1. The van der Waals surface area contributed by atoms with Crippen LogP contribution in [0.15, 0.2) is 0 Å². The molecule has 0 spiro atoms. The van der Waals surface area contributed by atoms with E-state index in [1.807, 2.05) is 13.8 Å². The predicted octanol–water partition coefficient (Wildman–Crippen LogP) is 0.145. The van der Waals surface area contributed by atoms with Crippen LogP contribution in [-0.4, -0.2) is 46.5 Å². The van der Waals surface area contributed by atoms with Gasteiger partial charge in [-0.25, -0.2) is 9.59 Å². The number of hydrogen-bond donors (Lipinski definition) is 3. The van der Waals surface area contributed by atoms with Crippen molar-refractivity contribution in [2.45, 2.75) is 45.7 Å². The van der Waals surface area contributed by atoms with Gasteiger partial charge in [-0.15, -0.1) is 0 Å². The highest BCUT2D eigenvalue weighted by Crippen LogP contribution is 2.02. The van der Waals surface area contributed by atoms with E-state index in [0.29, 0.717) is 6.54 Å². The Morgan fingerprint density at radius 3 is 2.22 bits per heavy atom. The molecule has 0 aliphatic rings. The SMILES string of the molecule is CCN(C(=O)N[C@H](CCC(N)=O)C(=O)O)C(C)C. The van der Waals surface area contributed by atoms with Crippen molar-refractivity contribution >= 4 is 17.9 Å². The van der Waals surface area contributed by atoms with Crippen LogP contribution >= 0.6 is 0 Å². The number of urea groups is 1. The van der Waals surface area contributed by atoms with Gasteiger partial charge in [-0.05, 0) is 27.2 Å². The monoisotopic (exact) mass is 259 g/mol. The molecule has 104 valence electrons. The zero-order valence-electron chi connectivity index (χ0n) is 11.0. The van der Waals surface area contributed by atoms with Gasteiger partial charge in [-0.1, -0.05) is 0 Å². The Hall–Kier alpha value is -1.79. The summed E-state index contributed by atoms with van der Waals surface area (Å²) in [4.78, 5) is 34.9. The minimum Gasteiger partial charge on any atom is -0.480 e. The van der Waals surface area contributed by atoms with E-state index in [0.717, 1.165) is 0 Å². The number of primary amides is 1. The second kappa shape index (κ2) is 7.52. The third kappa shape index (κ3) is 5.51. The fourth-order valence-corrected chi connectivity index (χ4v) is 1.52. The van der Waals surface area contributed by atoms with Crippen molar-refractivity contribution in [1.29, 1.82) is 0 Å². The summed E-state index contributed by atoms with van der Waals surface area (Å²) in [7, 11) is 0. The lowest BCUT2D eigenvalue weighted by Gasteiger charge is -2.27. The smallest absolute Gasteiger partial charge is 0.326 e. The first kappa shape index (κ1) is 16.2. The first-order valence-electron chi connectivity index (χ1n) is 5.87. The molecular formula is C11H21N3O4. The van der Waals surface area contributed by atoms with Crippen LogP contribution in [0.2, 0.25) is 0 Å². The van der Waals surface area contributed by atoms with Crippen molar-refractivity contribution in [3.63, 3.8) is 0 Å². The van der Waals surface area contributed by atoms with Crippen LogP contribution in [0.3, 0.4) is 0 Å². The number of rotatable bonds is 7. The van der Waals surface area contributed by atoms with Gasteiger partial charge in [0, 0.05) is 19.0 Å². The van der Waals surface area contributed by atoms with Gasteiger partial charge >= 0.3 is 12.0 Å². The molecule has 0 aliphatic carbocycles. The van der Waals surface area contributed by atoms with E-state index in [-0.39, 0.29) is 18.9 Å². The molecule has 0 unspecified atom stereocenters. The fraction of sp³-hybridized carbons (Fsp3) is 0.727. The van der Waals surface area contributed by atoms with Gasteiger partial charge in [-0.3, -0.25) is 4.79 Å². The van der Waals surface area contributed by atoms with Gasteiger partial charge in [-0.2, -0.15) is 0 Å². The number of hydrogen-bond acceptors (Lipinski definition) is 3. The van der Waals surface area contributed by atoms with Crippen molar-refractivity contribution in [2.75, 3.05) is 6.54 Å². The third-order valence-corrected chi connectivity index (χ3v) is 2.50. The normalized spacial score (nSPS) is 12.0. The van der Waals surface area contributed by atoms with E-state index in [4.69, 9.17) is 10.8 Å². The van der Waals surface area contributed by atoms with E-state index in [1.54, 1.807) is 6.92 Å². The number of carbonyl (C=O) groups is 3. The summed E-state index contributed by atoms with van der Waals surface area (Å²) in [5.41, 5.74) is 4.95. The molecule has 0 aromatic heterocycles. The maximum absolute atomic E-state index is 11.8. The maximum Gasteiger partial charge on any atom is 0.326 e. The Balaban J connectivity index is 4.53. The Morgan fingerprint density at radius 2 is 1.89 bits per heavy atom. The van der Waals surface area contributed by atoms with Gasteiger partial charge in [0.05, 0.1) is 0 Å². The molecule has 4 N–H and O–H groups in total. The average molecular weight is 259 g/mol. The summed E-state index contributed by atoms with van der Waals surface area (Å²) in [5.74, 6) is -1.77. The highest BCUT2D eigenvalue weighted by molar-refractivity contribution is 5.83. The third-order valence-electron chi connectivity index (χ3n) is 2.50. The van der Waals surface area contributed by atoms with Crippen LogP contribution in [0.25, 0.3) is 0 Å². The van der Waals surface area contributed by atoms with E-state index >= 15 is 0 Å². The number of aliphatic carboxylic acids is 1. The standard InChI is InChI=1S/C11H21N3O4/c1-4-14(7(2)3)11(18)13-8(10(16)17)5-6-9(12)15/h7-8H,4-6H2,1-3H3,(H2,12,15)(H,13,18)(H,16,17)/t8-/m1/s1. The van der Waals surface area contributed by atoms with E-state index in [1.165, 1.54) is 4.90 Å². The number of nitrogens with zero attached hydrogens (tertiary/aromatic N) is 1. The predicted molar refractivity (Wildman–Crippen MR) is 65.9 cm³/mol. The molecule has 1 atom stereocenters. The van der Waals surface area contributed by atoms with Crippen LogP contribution < -0.4 is 11.1 Å². The van der Waals surface area contributed by atoms with Crippen LogP contribution in [-0.2, 0) is 9.59 Å². The molecule has 0 fully saturated rings. The Morgan fingerprint density at radius 1 is 1.33 bits per heavy atom. The second-order valence-electron chi connectivity index (χ2n) is 4.23. The Labute approximate surface area is 106 Å². The second-order valence-corrected chi connectivity index (χ2v) is 4.23. The molecule has 0 saturated heterocycles. The topological polar surface area (TPSA) is 113 Å². The molecule has 7 heteroatoms. The van der Waals surface area contributed by atoms with E-state index < -0.39 is 23.9 Å². The summed E-state index contributed by atoms with van der Waals surface area (Å²) in [5, 5.41) is 11.3. The van der Waals surface area contributed by atoms with Crippen LogP contribution in [0.1, 0.15) is 33.6 Å². The number of carbonyl (C=O) groups excluding carboxylic acids is 2. The summed E-state index contributed by atoms with van der Waals surface area (Å²) >= 11 is 0. The molecule has 0 saturated carbocycles. The van der Waals surface area contributed by atoms with E-state index in [9.17, 15) is 14.4 Å². The first-order valence-corrected chi connectivity index (χ1v) is 5.87. The van der Waals surface area contributed by atoms with Gasteiger partial charge in [0.15, 0.2) is 0 Å². The zero-order chi connectivity index (χ0) is 14.3. The van der Waals surface area contributed by atoms with Gasteiger partial charge in [0.1, 0.15) is 6.04 Å². The quantitative estimate of drug-likeness (QED) is 0.603. The largest absolute Gasteiger partial charge is 0.480 e. The molecule has 7 nitrogen and oxygen atoms in total. The molecule has 0 aromatic rings. The lowest BCUT2D eigenvalue weighted by Crippen LogP contribution is -2.50. The molecule has 0 rings (SSSR count). The highest BCUT2D eigenvalue weighted by atomic mass is 16.4. The van der Waals surface area contributed by atoms with Crippen molar-refractivity contribution in [3.8, 4) is 0 Å². The zero-order valence-corrected chi connectivity index (χ0v) is 11.0. The molecule has 0 heterocycles. The first-order chi connectivity index (χ1) is 8.29. The van der Waals surface area contributed by atoms with Crippen molar-refractivity contribution in [1.82, 2.24) is 10.2 Å². The maximum atomic E-state index is 11.8. The van der Waals surface area contributed by atoms with Crippen LogP contribution in [0.4, 0.5) is 4.79 Å². The van der Waals surface area contributed by atoms with Gasteiger partial charge < -0.3 is 21.1 Å². The summed E-state index contributed by atoms with van der Waals surface area (Å²) in [6, 6.07) is -1.58.